The maximum absolute atomic E-state index is 11.8. The fourth-order valence-electron chi connectivity index (χ4n) is 1.96. The van der Waals surface area contributed by atoms with Crippen LogP contribution in [0.3, 0.4) is 0 Å². The molecule has 1 saturated carbocycles. The van der Waals surface area contributed by atoms with Gasteiger partial charge >= 0.3 is 0 Å². The molecule has 0 bridgehead atoms. The zero-order valence-electron chi connectivity index (χ0n) is 10.2. The van der Waals surface area contributed by atoms with Gasteiger partial charge in [-0.2, -0.15) is 0 Å². The van der Waals surface area contributed by atoms with Crippen LogP contribution in [0.15, 0.2) is 0 Å². The zero-order valence-corrected chi connectivity index (χ0v) is 11.1. The summed E-state index contributed by atoms with van der Waals surface area (Å²) in [5, 5.41) is 2.97. The first-order chi connectivity index (χ1) is 7.30. The maximum Gasteiger partial charge on any atom is 0.229 e. The van der Waals surface area contributed by atoms with Crippen molar-refractivity contribution in [3.8, 4) is 0 Å². The fourth-order valence-corrected chi connectivity index (χ4v) is 2.06. The Hall–Kier alpha value is -0.680. The quantitative estimate of drug-likeness (QED) is 0.719. The summed E-state index contributed by atoms with van der Waals surface area (Å²) in [6.45, 7) is 5.89. The van der Waals surface area contributed by atoms with E-state index in [4.69, 9.17) is 22.7 Å². The number of methoxy groups -OCH3 is 1. The highest BCUT2D eigenvalue weighted by molar-refractivity contribution is 7.80. The molecule has 1 amide bonds. The van der Waals surface area contributed by atoms with Crippen molar-refractivity contribution >= 4 is 23.1 Å². The van der Waals surface area contributed by atoms with Crippen LogP contribution in [0.2, 0.25) is 0 Å². The van der Waals surface area contributed by atoms with E-state index in [0.29, 0.717) is 0 Å². The maximum atomic E-state index is 11.8. The first-order valence-electron chi connectivity index (χ1n) is 5.43. The number of carbonyl (C=O) groups is 1. The molecule has 1 aliphatic rings. The fraction of sp³-hybridized carbons (Fsp3) is 0.818. The predicted octanol–water partition coefficient (Wildman–Crippen LogP) is 0.838. The number of hydrogen-bond acceptors (Lipinski definition) is 3. The van der Waals surface area contributed by atoms with Gasteiger partial charge in [-0.1, -0.05) is 26.1 Å². The van der Waals surface area contributed by atoms with Crippen LogP contribution in [0, 0.1) is 11.3 Å². The molecule has 3 atom stereocenters. The van der Waals surface area contributed by atoms with Gasteiger partial charge < -0.3 is 15.8 Å². The number of hydrogen-bond donors (Lipinski definition) is 2. The molecule has 0 aliphatic heterocycles. The van der Waals surface area contributed by atoms with E-state index in [0.717, 1.165) is 6.42 Å². The van der Waals surface area contributed by atoms with Crippen LogP contribution in [0.5, 0.6) is 0 Å². The summed E-state index contributed by atoms with van der Waals surface area (Å²) in [5.74, 6) is -0.507. The molecule has 3 unspecified atom stereocenters. The highest BCUT2D eigenvalue weighted by Gasteiger charge is 2.49. The lowest BCUT2D eigenvalue weighted by atomic mass is 9.64. The minimum Gasteiger partial charge on any atom is -0.393 e. The molecule has 4 nitrogen and oxygen atoms in total. The summed E-state index contributed by atoms with van der Waals surface area (Å²) in [4.78, 5) is 12.0. The molecule has 0 spiro atoms. The highest BCUT2D eigenvalue weighted by Crippen LogP contribution is 2.42. The molecule has 0 saturated heterocycles. The van der Waals surface area contributed by atoms with Crippen molar-refractivity contribution < 1.29 is 9.53 Å². The Balaban J connectivity index is 2.52. The van der Waals surface area contributed by atoms with Gasteiger partial charge in [-0.15, -0.1) is 0 Å². The van der Waals surface area contributed by atoms with Crippen molar-refractivity contribution in [2.45, 2.75) is 39.3 Å². The molecule has 0 aromatic rings. The lowest BCUT2D eigenvalue weighted by Gasteiger charge is -2.51. The van der Waals surface area contributed by atoms with E-state index >= 15 is 0 Å². The van der Waals surface area contributed by atoms with Crippen LogP contribution in [0.25, 0.3) is 0 Å². The SMILES string of the molecule is COC1CC(NC(=O)C(C)C(N)=S)C1(C)C. The molecule has 1 aliphatic carbocycles. The summed E-state index contributed by atoms with van der Waals surface area (Å²) in [6, 6.07) is 0.141. The molecule has 0 radical (unpaired) electrons. The topological polar surface area (TPSA) is 64.3 Å². The van der Waals surface area contributed by atoms with Crippen molar-refractivity contribution in [1.29, 1.82) is 0 Å². The van der Waals surface area contributed by atoms with Gasteiger partial charge in [-0.3, -0.25) is 4.79 Å². The van der Waals surface area contributed by atoms with Gasteiger partial charge in [0.1, 0.15) is 0 Å². The van der Waals surface area contributed by atoms with E-state index in [1.165, 1.54) is 0 Å². The average molecular weight is 244 g/mol. The second kappa shape index (κ2) is 4.67. The second-order valence-corrected chi connectivity index (χ2v) is 5.44. The zero-order chi connectivity index (χ0) is 12.5. The Morgan fingerprint density at radius 1 is 1.62 bits per heavy atom. The van der Waals surface area contributed by atoms with E-state index < -0.39 is 5.92 Å². The number of nitrogens with two attached hydrogens (primary N) is 1. The third kappa shape index (κ3) is 2.35. The van der Waals surface area contributed by atoms with Gasteiger partial charge in [-0.05, 0) is 13.3 Å². The van der Waals surface area contributed by atoms with Crippen LogP contribution in [-0.2, 0) is 9.53 Å². The summed E-state index contributed by atoms with van der Waals surface area (Å²) in [5.41, 5.74) is 5.41. The van der Waals surface area contributed by atoms with Gasteiger partial charge in [0.25, 0.3) is 0 Å². The number of carbonyl (C=O) groups excluding carboxylic acids is 1. The van der Waals surface area contributed by atoms with Crippen molar-refractivity contribution in [2.75, 3.05) is 7.11 Å². The molecule has 0 aromatic carbocycles. The van der Waals surface area contributed by atoms with E-state index in [9.17, 15) is 4.79 Å². The third-order valence-corrected chi connectivity index (χ3v) is 3.95. The number of amides is 1. The van der Waals surface area contributed by atoms with E-state index in [1.807, 2.05) is 0 Å². The minimum absolute atomic E-state index is 0.0274. The smallest absolute Gasteiger partial charge is 0.229 e. The molecular weight excluding hydrogens is 224 g/mol. The second-order valence-electron chi connectivity index (χ2n) is 4.97. The molecule has 16 heavy (non-hydrogen) atoms. The summed E-state index contributed by atoms with van der Waals surface area (Å²) in [6.07, 6.45) is 1.05. The Bertz CT molecular complexity index is 304. The average Bonchev–Trinajstić information content (AvgIpc) is 2.21. The summed E-state index contributed by atoms with van der Waals surface area (Å²) in [7, 11) is 1.70. The molecule has 5 heteroatoms. The predicted molar refractivity (Wildman–Crippen MR) is 67.1 cm³/mol. The Kier molecular flexibility index (Phi) is 3.91. The van der Waals surface area contributed by atoms with Crippen molar-refractivity contribution in [1.82, 2.24) is 5.32 Å². The lowest BCUT2D eigenvalue weighted by molar-refractivity contribution is -0.134. The number of thiocarbonyl (C=S) groups is 1. The Labute approximate surface area is 102 Å². The van der Waals surface area contributed by atoms with Crippen LogP contribution in [0.1, 0.15) is 27.2 Å². The summed E-state index contributed by atoms with van der Waals surface area (Å²) < 4.78 is 5.32. The molecule has 0 aromatic heterocycles. The number of rotatable bonds is 4. The lowest BCUT2D eigenvalue weighted by Crippen LogP contribution is -2.62. The Morgan fingerprint density at radius 2 is 2.19 bits per heavy atom. The van der Waals surface area contributed by atoms with Crippen LogP contribution >= 0.6 is 12.2 Å². The van der Waals surface area contributed by atoms with Gasteiger partial charge in [-0.25, -0.2) is 0 Å². The van der Waals surface area contributed by atoms with Crippen LogP contribution < -0.4 is 11.1 Å². The van der Waals surface area contributed by atoms with E-state index in [-0.39, 0.29) is 28.5 Å². The van der Waals surface area contributed by atoms with Gasteiger partial charge in [0.15, 0.2) is 0 Å². The third-order valence-electron chi connectivity index (χ3n) is 3.60. The molecule has 92 valence electrons. The number of ether oxygens (including phenoxy) is 1. The first-order valence-corrected chi connectivity index (χ1v) is 5.84. The molecule has 3 N–H and O–H groups in total. The minimum atomic E-state index is -0.410. The number of nitrogens with one attached hydrogen (secondary N) is 1. The van der Waals surface area contributed by atoms with Gasteiger partial charge in [0.05, 0.1) is 17.0 Å². The standard InChI is InChI=1S/C11H20N2O2S/c1-6(9(12)16)10(14)13-7-5-8(15-4)11(7,2)3/h6-8H,5H2,1-4H3,(H2,12,16)(H,13,14). The van der Waals surface area contributed by atoms with Crippen LogP contribution in [-0.4, -0.2) is 30.2 Å². The van der Waals surface area contributed by atoms with Crippen molar-refractivity contribution in [3.63, 3.8) is 0 Å². The monoisotopic (exact) mass is 244 g/mol. The van der Waals surface area contributed by atoms with Crippen molar-refractivity contribution in [2.24, 2.45) is 17.1 Å². The van der Waals surface area contributed by atoms with Gasteiger partial charge in [0, 0.05) is 18.6 Å². The Morgan fingerprint density at radius 3 is 2.56 bits per heavy atom. The molecule has 0 heterocycles. The first kappa shape index (κ1) is 13.4. The largest absolute Gasteiger partial charge is 0.393 e. The van der Waals surface area contributed by atoms with Crippen LogP contribution in [0.4, 0.5) is 0 Å². The normalized spacial score (nSPS) is 29.0. The van der Waals surface area contributed by atoms with E-state index in [2.05, 4.69) is 19.2 Å². The molecule has 1 rings (SSSR count). The van der Waals surface area contributed by atoms with Gasteiger partial charge in [0.2, 0.25) is 5.91 Å². The molecule has 1 fully saturated rings. The summed E-state index contributed by atoms with van der Waals surface area (Å²) >= 11 is 4.80. The highest BCUT2D eigenvalue weighted by atomic mass is 32.1. The molecular formula is C11H20N2O2S. The van der Waals surface area contributed by atoms with E-state index in [1.54, 1.807) is 14.0 Å². The van der Waals surface area contributed by atoms with Crippen molar-refractivity contribution in [3.05, 3.63) is 0 Å².